The molecule has 0 atom stereocenters. The first-order valence-corrected chi connectivity index (χ1v) is 19.7. The standard InChI is InChI=1S/C56H34O/c1-2-16-36(17-3-1)41-27-14-28-50-54-51(34-38-19-6-7-20-42(38)56(54)57-55(41)50)53-47-25-12-10-23-45(47)52(46-24-11-13-26-48(46)53)49-32-31-40(43-21-8-9-22-44(43)49)39-30-29-35-15-4-5-18-37(35)33-39/h1-34H. The van der Waals surface area contributed by atoms with Gasteiger partial charge in [0.2, 0.25) is 0 Å². The van der Waals surface area contributed by atoms with E-state index in [2.05, 4.69) is 206 Å². The molecule has 11 aromatic carbocycles. The highest BCUT2D eigenvalue weighted by atomic mass is 16.3. The van der Waals surface area contributed by atoms with Crippen LogP contribution in [0.15, 0.2) is 211 Å². The normalized spacial score (nSPS) is 11.9. The van der Waals surface area contributed by atoms with E-state index in [0.29, 0.717) is 0 Å². The third-order valence-corrected chi connectivity index (χ3v) is 12.0. The van der Waals surface area contributed by atoms with E-state index in [1.54, 1.807) is 0 Å². The zero-order valence-corrected chi connectivity index (χ0v) is 31.0. The molecule has 0 aliphatic rings. The first-order valence-electron chi connectivity index (χ1n) is 19.7. The van der Waals surface area contributed by atoms with Crippen molar-refractivity contribution < 1.29 is 4.42 Å². The predicted octanol–water partition coefficient (Wildman–Crippen LogP) is 16.0. The molecule has 0 unspecified atom stereocenters. The maximum Gasteiger partial charge on any atom is 0.143 e. The molecule has 0 spiro atoms. The third-order valence-electron chi connectivity index (χ3n) is 12.0. The molecular formula is C56H34O. The lowest BCUT2D eigenvalue weighted by Gasteiger charge is -2.20. The fourth-order valence-electron chi connectivity index (χ4n) is 9.51. The molecule has 57 heavy (non-hydrogen) atoms. The van der Waals surface area contributed by atoms with E-state index in [1.807, 2.05) is 0 Å². The van der Waals surface area contributed by atoms with Gasteiger partial charge in [0.25, 0.3) is 0 Å². The number of fused-ring (bicyclic) bond motifs is 9. The predicted molar refractivity (Wildman–Crippen MR) is 243 cm³/mol. The van der Waals surface area contributed by atoms with E-state index in [1.165, 1.54) is 76.5 Å². The zero-order chi connectivity index (χ0) is 37.5. The molecule has 0 saturated heterocycles. The van der Waals surface area contributed by atoms with Gasteiger partial charge >= 0.3 is 0 Å². The van der Waals surface area contributed by atoms with Gasteiger partial charge in [0.05, 0.1) is 0 Å². The summed E-state index contributed by atoms with van der Waals surface area (Å²) in [5, 5.41) is 14.5. The molecule has 0 fully saturated rings. The van der Waals surface area contributed by atoms with Crippen molar-refractivity contribution in [2.75, 3.05) is 0 Å². The van der Waals surface area contributed by atoms with Crippen LogP contribution in [0.5, 0.6) is 0 Å². The van der Waals surface area contributed by atoms with Crippen LogP contribution < -0.4 is 0 Å². The Hall–Kier alpha value is -7.48. The molecule has 12 aromatic rings. The van der Waals surface area contributed by atoms with Gasteiger partial charge in [-0.05, 0) is 99.6 Å². The molecule has 0 aliphatic carbocycles. The van der Waals surface area contributed by atoms with Crippen LogP contribution in [0, 0.1) is 0 Å². The van der Waals surface area contributed by atoms with Crippen molar-refractivity contribution in [1.82, 2.24) is 0 Å². The smallest absolute Gasteiger partial charge is 0.143 e. The maximum atomic E-state index is 7.05. The number of hydrogen-bond donors (Lipinski definition) is 0. The van der Waals surface area contributed by atoms with Gasteiger partial charge in [-0.3, -0.25) is 0 Å². The summed E-state index contributed by atoms with van der Waals surface area (Å²) in [6, 6.07) is 75.2. The first-order chi connectivity index (χ1) is 28.3. The van der Waals surface area contributed by atoms with Gasteiger partial charge in [-0.2, -0.15) is 0 Å². The van der Waals surface area contributed by atoms with Crippen LogP contribution in [0.1, 0.15) is 0 Å². The van der Waals surface area contributed by atoms with Crippen LogP contribution >= 0.6 is 0 Å². The van der Waals surface area contributed by atoms with Crippen LogP contribution in [0.2, 0.25) is 0 Å². The van der Waals surface area contributed by atoms with Crippen molar-refractivity contribution in [3.05, 3.63) is 206 Å². The largest absolute Gasteiger partial charge is 0.455 e. The van der Waals surface area contributed by atoms with Crippen molar-refractivity contribution in [1.29, 1.82) is 0 Å². The van der Waals surface area contributed by atoms with Crippen molar-refractivity contribution >= 4 is 75.8 Å². The van der Waals surface area contributed by atoms with Crippen LogP contribution in [0.4, 0.5) is 0 Å². The minimum atomic E-state index is 0.916. The highest BCUT2D eigenvalue weighted by molar-refractivity contribution is 6.30. The molecule has 1 aromatic heterocycles. The topological polar surface area (TPSA) is 13.1 Å². The summed E-state index contributed by atoms with van der Waals surface area (Å²) in [5.74, 6) is 0. The van der Waals surface area contributed by atoms with Crippen molar-refractivity contribution in [2.45, 2.75) is 0 Å². The molecule has 1 heteroatoms. The van der Waals surface area contributed by atoms with Gasteiger partial charge in [0, 0.05) is 21.7 Å². The molecule has 0 saturated carbocycles. The Morgan fingerprint density at radius 1 is 0.246 bits per heavy atom. The first kappa shape index (κ1) is 31.8. The average molecular weight is 723 g/mol. The van der Waals surface area contributed by atoms with E-state index < -0.39 is 0 Å². The molecule has 1 heterocycles. The van der Waals surface area contributed by atoms with E-state index in [4.69, 9.17) is 4.42 Å². The lowest BCUT2D eigenvalue weighted by molar-refractivity contribution is 0.674. The Morgan fingerprint density at radius 3 is 1.47 bits per heavy atom. The Labute approximate surface area is 329 Å². The number of para-hydroxylation sites is 1. The lowest BCUT2D eigenvalue weighted by atomic mass is 9.82. The summed E-state index contributed by atoms with van der Waals surface area (Å²) in [5.41, 5.74) is 11.5. The number of hydrogen-bond acceptors (Lipinski definition) is 1. The summed E-state index contributed by atoms with van der Waals surface area (Å²) in [6.45, 7) is 0. The van der Waals surface area contributed by atoms with Crippen LogP contribution in [-0.2, 0) is 0 Å². The molecule has 0 amide bonds. The minimum Gasteiger partial charge on any atom is -0.455 e. The maximum absolute atomic E-state index is 7.05. The van der Waals surface area contributed by atoms with Gasteiger partial charge < -0.3 is 4.42 Å². The SMILES string of the molecule is c1ccc(-c2cccc3c2oc2c4ccccc4cc(-c4c5ccccc5c(-c5ccc(-c6ccc7ccccc7c6)c6ccccc56)c5ccccc45)c32)cc1. The fourth-order valence-corrected chi connectivity index (χ4v) is 9.51. The van der Waals surface area contributed by atoms with E-state index in [9.17, 15) is 0 Å². The summed E-state index contributed by atoms with van der Waals surface area (Å²) in [4.78, 5) is 0. The lowest BCUT2D eigenvalue weighted by Crippen LogP contribution is -1.93. The second kappa shape index (κ2) is 12.5. The highest BCUT2D eigenvalue weighted by Gasteiger charge is 2.24. The van der Waals surface area contributed by atoms with Gasteiger partial charge in [-0.1, -0.05) is 194 Å². The number of rotatable bonds is 4. The summed E-state index contributed by atoms with van der Waals surface area (Å²) in [6.07, 6.45) is 0. The fraction of sp³-hybridized carbons (Fsp3) is 0. The molecule has 1 nitrogen and oxygen atoms in total. The summed E-state index contributed by atoms with van der Waals surface area (Å²) < 4.78 is 7.05. The van der Waals surface area contributed by atoms with Crippen LogP contribution in [-0.4, -0.2) is 0 Å². The van der Waals surface area contributed by atoms with Crippen LogP contribution in [0.25, 0.3) is 120 Å². The monoisotopic (exact) mass is 722 g/mol. The Balaban J connectivity index is 1.17. The molecular weight excluding hydrogens is 689 g/mol. The van der Waals surface area contributed by atoms with Gasteiger partial charge in [-0.15, -0.1) is 0 Å². The second-order valence-electron chi connectivity index (χ2n) is 15.1. The Bertz CT molecular complexity index is 3510. The third kappa shape index (κ3) is 4.83. The van der Waals surface area contributed by atoms with Gasteiger partial charge in [0.15, 0.2) is 0 Å². The second-order valence-corrected chi connectivity index (χ2v) is 15.1. The van der Waals surface area contributed by atoms with Crippen molar-refractivity contribution in [2.24, 2.45) is 0 Å². The van der Waals surface area contributed by atoms with Crippen molar-refractivity contribution in [3.8, 4) is 44.5 Å². The highest BCUT2D eigenvalue weighted by Crippen LogP contribution is 2.50. The molecule has 0 radical (unpaired) electrons. The summed E-state index contributed by atoms with van der Waals surface area (Å²) in [7, 11) is 0. The molecule has 0 bridgehead atoms. The number of benzene rings is 11. The van der Waals surface area contributed by atoms with Gasteiger partial charge in [0.1, 0.15) is 11.2 Å². The molecule has 0 aliphatic heterocycles. The van der Waals surface area contributed by atoms with Crippen molar-refractivity contribution in [3.63, 3.8) is 0 Å². The van der Waals surface area contributed by atoms with Gasteiger partial charge in [-0.25, -0.2) is 0 Å². The molecule has 264 valence electrons. The van der Waals surface area contributed by atoms with E-state index >= 15 is 0 Å². The number of furan rings is 1. The molecule has 0 N–H and O–H groups in total. The zero-order valence-electron chi connectivity index (χ0n) is 31.0. The average Bonchev–Trinajstić information content (AvgIpc) is 3.68. The quantitative estimate of drug-likeness (QED) is 0.165. The Morgan fingerprint density at radius 2 is 0.772 bits per heavy atom. The van der Waals surface area contributed by atoms with E-state index in [0.717, 1.165) is 43.8 Å². The minimum absolute atomic E-state index is 0.916. The summed E-state index contributed by atoms with van der Waals surface area (Å²) >= 11 is 0. The molecule has 12 rings (SSSR count). The van der Waals surface area contributed by atoms with E-state index in [-0.39, 0.29) is 0 Å². The Kier molecular flexibility index (Phi) is 7.00. The van der Waals surface area contributed by atoms with Crippen LogP contribution in [0.3, 0.4) is 0 Å².